The minimum atomic E-state index is -5.06. The van der Waals surface area contributed by atoms with Gasteiger partial charge in [0.1, 0.15) is 35.1 Å². The van der Waals surface area contributed by atoms with Crippen LogP contribution in [0.15, 0.2) is 134 Å². The smallest absolute Gasteiger partial charge is 0.415 e. The summed E-state index contributed by atoms with van der Waals surface area (Å²) < 4.78 is 111. The van der Waals surface area contributed by atoms with Gasteiger partial charge in [0.25, 0.3) is 10.1 Å². The van der Waals surface area contributed by atoms with Crippen LogP contribution in [0.25, 0.3) is 33.4 Å². The summed E-state index contributed by atoms with van der Waals surface area (Å²) in [5.74, 6) is -2.97. The number of amides is 1. The lowest BCUT2D eigenvalue weighted by atomic mass is 9.91. The van der Waals surface area contributed by atoms with Gasteiger partial charge in [0.15, 0.2) is 15.6 Å². The molecule has 3 aliphatic heterocycles. The number of hydrogen-bond donors (Lipinski definition) is 2. The number of aryl methyl sites for hydroxylation is 1. The number of fused-ring (bicyclic) bond motifs is 2. The number of likely N-dealkylation sites (tertiary alicyclic amines) is 1. The molecule has 80 heavy (non-hydrogen) atoms. The van der Waals surface area contributed by atoms with Crippen LogP contribution >= 0.6 is 0 Å². The van der Waals surface area contributed by atoms with Crippen molar-refractivity contribution in [1.82, 2.24) is 28.8 Å². The molecule has 0 bridgehead atoms. The van der Waals surface area contributed by atoms with E-state index >= 15 is 0 Å². The predicted octanol–water partition coefficient (Wildman–Crippen LogP) is 7.22. The molecule has 4 heterocycles. The van der Waals surface area contributed by atoms with E-state index in [1.807, 2.05) is 64.1 Å². The number of sulfone groups is 1. The molecular weight excluding hydrogens is 1090 g/mol. The fourth-order valence-corrected chi connectivity index (χ4v) is 14.5. The van der Waals surface area contributed by atoms with Crippen molar-refractivity contribution in [3.05, 3.63) is 132 Å². The first-order valence-electron chi connectivity index (χ1n) is 26.7. The Morgan fingerprint density at radius 2 is 1.52 bits per heavy atom. The first-order chi connectivity index (χ1) is 38.2. The maximum atomic E-state index is 14.3. The van der Waals surface area contributed by atoms with Gasteiger partial charge in [-0.2, -0.15) is 12.7 Å². The highest BCUT2D eigenvalue weighted by Gasteiger charge is 2.45. The Morgan fingerprint density at radius 3 is 2.19 bits per heavy atom. The first kappa shape index (κ1) is 57.4. The molecular formula is C57H64N7O13S3+. The van der Waals surface area contributed by atoms with Crippen LogP contribution in [0.5, 0.6) is 5.75 Å². The van der Waals surface area contributed by atoms with E-state index in [0.717, 1.165) is 60.4 Å². The lowest BCUT2D eigenvalue weighted by Crippen LogP contribution is -2.41. The van der Waals surface area contributed by atoms with E-state index in [2.05, 4.69) is 19.8 Å². The zero-order valence-electron chi connectivity index (χ0n) is 44.8. The molecule has 2 saturated heterocycles. The first-order valence-corrected chi connectivity index (χ1v) is 31.2. The maximum absolute atomic E-state index is 14.3. The monoisotopic (exact) mass is 1150 g/mol. The summed E-state index contributed by atoms with van der Waals surface area (Å²) in [5.41, 5.74) is 3.08. The standard InChI is InChI=1S/C57H63N7O13S3/c1-5-60(6-2)41-18-23-47-52(33-41)77-53-34-42(61(7-3)8-4)19-24-48(53)55(47)49-25-22-46(35-54(49)80(73,74)75)78(69,70)29-26-40-36-63(59-58-40)43-32-50(64(37-43)79(71,72)45-14-10-9-11-15-45)51(65)31-39(56(66)67)30-38-16-20-44(21-17-38)76-57(68)62-27-12-13-28-62/h9-11,14-25,33-36,39,43,50H,5-8,12-13,26-32,37H2,1-4H3,(H-,66,67,73,74,75)/p+1/t39-,43?,50+/m1/s1. The lowest BCUT2D eigenvalue weighted by Gasteiger charge is -2.24. The van der Waals surface area contributed by atoms with E-state index in [1.165, 1.54) is 35.1 Å². The molecule has 2 fully saturated rings. The molecule has 0 radical (unpaired) electrons. The van der Waals surface area contributed by atoms with E-state index in [1.54, 1.807) is 47.4 Å². The van der Waals surface area contributed by atoms with Crippen LogP contribution in [0.4, 0.5) is 10.5 Å². The topological polar surface area (TPSA) is 260 Å². The highest BCUT2D eigenvalue weighted by atomic mass is 32.2. The summed E-state index contributed by atoms with van der Waals surface area (Å²) in [6, 6.07) is 26.6. The van der Waals surface area contributed by atoms with Gasteiger partial charge in [-0.3, -0.25) is 14.1 Å². The number of ether oxygens (including phenoxy) is 1. The molecule has 0 saturated carbocycles. The fourth-order valence-electron chi connectivity index (χ4n) is 10.7. The Hall–Kier alpha value is -7.31. The van der Waals surface area contributed by atoms with Crippen LogP contribution < -0.4 is 19.6 Å². The number of carboxylic acids is 1. The van der Waals surface area contributed by atoms with Crippen molar-refractivity contribution in [2.75, 3.05) is 56.5 Å². The van der Waals surface area contributed by atoms with Gasteiger partial charge in [0, 0.05) is 91.7 Å². The average molecular weight is 1150 g/mol. The summed E-state index contributed by atoms with van der Waals surface area (Å²) >= 11 is 0. The normalized spacial score (nSPS) is 16.5. The van der Waals surface area contributed by atoms with Crippen LogP contribution in [0.1, 0.15) is 70.7 Å². The molecule has 3 atom stereocenters. The molecule has 4 aliphatic rings. The number of ketones is 1. The van der Waals surface area contributed by atoms with E-state index < -0.39 is 82.9 Å². The Labute approximate surface area is 465 Å². The Balaban J connectivity index is 0.956. The second kappa shape index (κ2) is 23.8. The van der Waals surface area contributed by atoms with Crippen LogP contribution in [-0.4, -0.2) is 135 Å². The number of nitrogens with zero attached hydrogens (tertiary/aromatic N) is 7. The summed E-state index contributed by atoms with van der Waals surface area (Å²) in [5, 5.41) is 20.2. The molecule has 1 aliphatic carbocycles. The number of Topliss-reactive ketones (excluding diaryl/α,β-unsaturated/α-hetero) is 1. The number of carbonyl (C=O) groups is 3. The van der Waals surface area contributed by atoms with E-state index in [4.69, 9.17) is 9.15 Å². The van der Waals surface area contributed by atoms with E-state index in [-0.39, 0.29) is 52.6 Å². The number of anilines is 1. The quantitative estimate of drug-likeness (QED) is 0.0409. The van der Waals surface area contributed by atoms with Gasteiger partial charge in [-0.1, -0.05) is 41.6 Å². The molecule has 1 unspecified atom stereocenters. The number of aromatic nitrogens is 3. The second-order valence-electron chi connectivity index (χ2n) is 20.0. The number of sulfonamides is 1. The fraction of sp³-hybridized carbons (Fsp3) is 0.368. The van der Waals surface area contributed by atoms with E-state index in [9.17, 15) is 49.3 Å². The SMILES string of the molecule is CCN(CC)c1ccc2c(-c3ccc(S(=O)(=O)CCc4cn(C5C[C@@H](C(=O)C[C@@H](Cc6ccc(OC(=O)N7CCCC7)cc6)C(=O)O)N(S(=O)(=O)c6ccccc6)C5)nn4)cc3S(=O)(=O)O)c3ccc(=[N+](CC)CC)cc-3oc2c1. The van der Waals surface area contributed by atoms with Crippen molar-refractivity contribution < 1.29 is 58.5 Å². The third kappa shape index (κ3) is 12.2. The molecule has 1 aromatic heterocycles. The van der Waals surface area contributed by atoms with Gasteiger partial charge in [0.05, 0.1) is 45.3 Å². The number of carboxylic acid groups (broad SMARTS) is 1. The molecule has 1 amide bonds. The zero-order chi connectivity index (χ0) is 57.1. The number of benzene rings is 5. The molecule has 2 N–H and O–H groups in total. The number of rotatable bonds is 21. The van der Waals surface area contributed by atoms with Crippen molar-refractivity contribution >= 4 is 64.5 Å². The number of aliphatic carboxylic acids is 1. The largest absolute Gasteiger partial charge is 0.481 e. The van der Waals surface area contributed by atoms with Crippen molar-refractivity contribution in [2.24, 2.45) is 5.92 Å². The molecule has 9 rings (SSSR count). The molecule has 0 spiro atoms. The van der Waals surface area contributed by atoms with Crippen molar-refractivity contribution in [3.8, 4) is 28.2 Å². The Morgan fingerprint density at radius 1 is 0.825 bits per heavy atom. The van der Waals surface area contributed by atoms with Crippen LogP contribution in [0, 0.1) is 5.92 Å². The summed E-state index contributed by atoms with van der Waals surface area (Å²) in [6.07, 6.45) is 1.86. The molecule has 5 aromatic rings. The third-order valence-corrected chi connectivity index (χ3v) is 19.6. The van der Waals surface area contributed by atoms with Crippen LogP contribution in [-0.2, 0) is 52.4 Å². The molecule has 422 valence electrons. The molecule has 4 aromatic carbocycles. The summed E-state index contributed by atoms with van der Waals surface area (Å²) in [7, 11) is -13.7. The highest BCUT2D eigenvalue weighted by Crippen LogP contribution is 2.44. The second-order valence-corrected chi connectivity index (χ2v) is 25.4. The Bertz CT molecular complexity index is 3830. The predicted molar refractivity (Wildman–Crippen MR) is 299 cm³/mol. The van der Waals surface area contributed by atoms with Gasteiger partial charge in [-0.15, -0.1) is 5.10 Å². The van der Waals surface area contributed by atoms with E-state index in [0.29, 0.717) is 46.5 Å². The van der Waals surface area contributed by atoms with Gasteiger partial charge >= 0.3 is 12.1 Å². The highest BCUT2D eigenvalue weighted by molar-refractivity contribution is 7.91. The zero-order valence-corrected chi connectivity index (χ0v) is 47.3. The molecule has 23 heteroatoms. The van der Waals surface area contributed by atoms with Crippen LogP contribution in [0.3, 0.4) is 0 Å². The number of carbonyl (C=O) groups excluding carboxylic acids is 2. The van der Waals surface area contributed by atoms with Gasteiger partial charge in [-0.05, 0) is 114 Å². The van der Waals surface area contributed by atoms with Gasteiger partial charge in [0.2, 0.25) is 15.4 Å². The lowest BCUT2D eigenvalue weighted by molar-refractivity contribution is -0.144. The summed E-state index contributed by atoms with van der Waals surface area (Å²) in [4.78, 5) is 42.1. The number of hydrogen-bond acceptors (Lipinski definition) is 14. The minimum absolute atomic E-state index is 0.0601. The summed E-state index contributed by atoms with van der Waals surface area (Å²) in [6.45, 7) is 12.0. The van der Waals surface area contributed by atoms with Crippen molar-refractivity contribution in [2.45, 2.75) is 93.0 Å². The third-order valence-electron chi connectivity index (χ3n) is 15.1. The minimum Gasteiger partial charge on any atom is -0.481 e. The van der Waals surface area contributed by atoms with Crippen LogP contribution in [0.2, 0.25) is 0 Å². The van der Waals surface area contributed by atoms with Crippen molar-refractivity contribution in [3.63, 3.8) is 0 Å². The maximum Gasteiger partial charge on any atom is 0.415 e. The van der Waals surface area contributed by atoms with Crippen molar-refractivity contribution in [1.29, 1.82) is 0 Å². The Kier molecular flexibility index (Phi) is 17.1. The van der Waals surface area contributed by atoms with Gasteiger partial charge in [-0.25, -0.2) is 30.9 Å². The van der Waals surface area contributed by atoms with Gasteiger partial charge < -0.3 is 24.1 Å². The molecule has 20 nitrogen and oxygen atoms in total. The average Bonchev–Trinajstić information content (AvgIpc) is 4.27.